The number of halogens is 2. The summed E-state index contributed by atoms with van der Waals surface area (Å²) in [5.74, 6) is 0.650. The predicted molar refractivity (Wildman–Crippen MR) is 69.5 cm³/mol. The van der Waals surface area contributed by atoms with Crippen LogP contribution in [-0.4, -0.2) is 0 Å². The van der Waals surface area contributed by atoms with E-state index in [1.54, 1.807) is 3.28 Å². The van der Waals surface area contributed by atoms with Gasteiger partial charge in [-0.05, 0) is 0 Å². The van der Waals surface area contributed by atoms with E-state index in [-0.39, 0.29) is 24.8 Å². The van der Waals surface area contributed by atoms with Crippen LogP contribution in [0.5, 0.6) is 0 Å². The molecule has 1 unspecified atom stereocenters. The van der Waals surface area contributed by atoms with E-state index in [2.05, 4.69) is 68.5 Å². The zero-order chi connectivity index (χ0) is 11.9. The molecular weight excluding hydrogens is 354 g/mol. The molecule has 0 N–H and O–H groups in total. The Hall–Kier alpha value is -0.0969. The molecule has 0 heterocycles. The number of allylic oxidation sites excluding steroid dienone is 5. The number of benzene rings is 1. The number of hydrogen-bond acceptors (Lipinski definition) is 0. The minimum absolute atomic E-state index is 0. The van der Waals surface area contributed by atoms with Gasteiger partial charge in [-0.3, -0.25) is 0 Å². The van der Waals surface area contributed by atoms with Crippen molar-refractivity contribution in [2.75, 3.05) is 0 Å². The predicted octanol–water partition coefficient (Wildman–Crippen LogP) is -1.46. The molecular formula is C16H16Cl2Zr. The van der Waals surface area contributed by atoms with E-state index in [0.29, 0.717) is 9.04 Å². The van der Waals surface area contributed by atoms with Crippen molar-refractivity contribution in [1.29, 1.82) is 0 Å². The van der Waals surface area contributed by atoms with Crippen molar-refractivity contribution in [3.63, 3.8) is 0 Å². The summed E-state index contributed by atoms with van der Waals surface area (Å²) < 4.78 is 2.12. The van der Waals surface area contributed by atoms with E-state index in [1.165, 1.54) is 11.1 Å². The van der Waals surface area contributed by atoms with Crippen molar-refractivity contribution in [1.82, 2.24) is 0 Å². The van der Waals surface area contributed by atoms with Crippen LogP contribution in [0.15, 0.2) is 51.9 Å². The molecule has 0 amide bonds. The zero-order valence-corrected chi connectivity index (χ0v) is 15.0. The third kappa shape index (κ3) is 3.32. The molecule has 2 aliphatic carbocycles. The second-order valence-corrected chi connectivity index (χ2v) is 9.76. The molecule has 0 spiro atoms. The normalized spacial score (nSPS) is 20.9. The van der Waals surface area contributed by atoms with Gasteiger partial charge in [0.05, 0.1) is 0 Å². The van der Waals surface area contributed by atoms with Crippen molar-refractivity contribution >= 4 is 6.08 Å². The molecule has 0 bridgehead atoms. The van der Waals surface area contributed by atoms with Crippen LogP contribution in [-0.2, 0) is 23.2 Å². The van der Waals surface area contributed by atoms with E-state index in [4.69, 9.17) is 0 Å². The summed E-state index contributed by atoms with van der Waals surface area (Å²) in [4.78, 5) is 0. The first-order valence-corrected chi connectivity index (χ1v) is 8.59. The van der Waals surface area contributed by atoms with Gasteiger partial charge in [-0.25, -0.2) is 0 Å². The van der Waals surface area contributed by atoms with Gasteiger partial charge in [-0.1, -0.05) is 0 Å². The fourth-order valence-electron chi connectivity index (χ4n) is 2.60. The SMILES string of the molecule is CC1[C]([Zr+2][C]2(C)C=CC=C2)=Cc2ccccc21.[Cl-].[Cl-]. The van der Waals surface area contributed by atoms with Gasteiger partial charge in [0.15, 0.2) is 0 Å². The molecule has 3 rings (SSSR count). The molecule has 0 fully saturated rings. The Balaban J connectivity index is 0.000000902. The molecule has 1 aromatic carbocycles. The quantitative estimate of drug-likeness (QED) is 0.597. The van der Waals surface area contributed by atoms with Gasteiger partial charge < -0.3 is 24.8 Å². The zero-order valence-electron chi connectivity index (χ0n) is 11.0. The fourth-order valence-corrected chi connectivity index (χ4v) is 6.49. The molecule has 0 saturated heterocycles. The number of rotatable bonds is 2. The molecule has 3 heteroatoms. The van der Waals surface area contributed by atoms with Crippen molar-refractivity contribution in [3.05, 3.63) is 63.0 Å². The molecule has 0 nitrogen and oxygen atoms in total. The summed E-state index contributed by atoms with van der Waals surface area (Å²) in [6.07, 6.45) is 11.6. The molecule has 19 heavy (non-hydrogen) atoms. The van der Waals surface area contributed by atoms with E-state index in [9.17, 15) is 0 Å². The van der Waals surface area contributed by atoms with E-state index < -0.39 is 23.2 Å². The van der Waals surface area contributed by atoms with Crippen LogP contribution in [0.1, 0.15) is 30.9 Å². The van der Waals surface area contributed by atoms with Crippen LogP contribution in [0.4, 0.5) is 0 Å². The monoisotopic (exact) mass is 368 g/mol. The summed E-state index contributed by atoms with van der Waals surface area (Å²) in [6.45, 7) is 4.75. The van der Waals surface area contributed by atoms with E-state index in [1.807, 2.05) is 0 Å². The summed E-state index contributed by atoms with van der Waals surface area (Å²) in [7, 11) is 0. The maximum atomic E-state index is 2.46. The third-order valence-electron chi connectivity index (χ3n) is 3.65. The second-order valence-electron chi connectivity index (χ2n) is 5.08. The first-order valence-electron chi connectivity index (χ1n) is 6.14. The smallest absolute Gasteiger partial charge is 1.00 e. The Morgan fingerprint density at radius 3 is 2.32 bits per heavy atom. The Morgan fingerprint density at radius 1 is 1.05 bits per heavy atom. The van der Waals surface area contributed by atoms with Gasteiger partial charge in [0.25, 0.3) is 0 Å². The van der Waals surface area contributed by atoms with E-state index in [0.717, 1.165) is 0 Å². The fraction of sp³-hybridized carbons (Fsp3) is 0.250. The standard InChI is InChI=1S/C10H9.C6H7.2ClH.Zr/c1-8-6-7-9-4-2-3-5-10(8)9;1-6-4-2-3-5-6;;;/h2-5,7-8H,1H3;2-5H,1H3;2*1H;/q;;;;+2/p-2. The maximum Gasteiger partial charge on any atom is -1.00 e. The van der Waals surface area contributed by atoms with Gasteiger partial charge in [0.1, 0.15) is 0 Å². The number of hydrogen-bond donors (Lipinski definition) is 0. The molecule has 0 aromatic heterocycles. The molecule has 98 valence electrons. The molecule has 1 atom stereocenters. The van der Waals surface area contributed by atoms with Gasteiger partial charge in [0, 0.05) is 0 Å². The van der Waals surface area contributed by atoms with Crippen molar-refractivity contribution in [2.45, 2.75) is 22.9 Å². The summed E-state index contributed by atoms with van der Waals surface area (Å²) in [6, 6.07) is 8.84. The van der Waals surface area contributed by atoms with Crippen LogP contribution in [0, 0.1) is 0 Å². The van der Waals surface area contributed by atoms with Crippen molar-refractivity contribution in [3.8, 4) is 0 Å². The maximum absolute atomic E-state index is 2.46. The average Bonchev–Trinajstić information content (AvgIpc) is 2.86. The summed E-state index contributed by atoms with van der Waals surface area (Å²) in [5, 5.41) is 0. The molecule has 0 radical (unpaired) electrons. The minimum atomic E-state index is -0.568. The van der Waals surface area contributed by atoms with Gasteiger partial charge in [-0.15, -0.1) is 0 Å². The first-order chi connectivity index (χ1) is 8.18. The van der Waals surface area contributed by atoms with Crippen molar-refractivity contribution < 1.29 is 48.0 Å². The largest absolute Gasteiger partial charge is 1.00 e. The topological polar surface area (TPSA) is 0 Å². The van der Waals surface area contributed by atoms with E-state index >= 15 is 0 Å². The van der Waals surface area contributed by atoms with Gasteiger partial charge >= 0.3 is 115 Å². The summed E-state index contributed by atoms with van der Waals surface area (Å²) >= 11 is -0.568. The Kier molecular flexibility index (Phi) is 5.86. The summed E-state index contributed by atoms with van der Waals surface area (Å²) in [5.41, 5.74) is 2.98. The second kappa shape index (κ2) is 6.57. The molecule has 1 aromatic rings. The third-order valence-corrected chi connectivity index (χ3v) is 7.92. The van der Waals surface area contributed by atoms with Crippen molar-refractivity contribution in [2.24, 2.45) is 0 Å². The van der Waals surface area contributed by atoms with Gasteiger partial charge in [0.2, 0.25) is 0 Å². The Labute approximate surface area is 139 Å². The van der Waals surface area contributed by atoms with Crippen LogP contribution >= 0.6 is 0 Å². The minimum Gasteiger partial charge on any atom is -1.00 e. The van der Waals surface area contributed by atoms with Crippen LogP contribution in [0.25, 0.3) is 6.08 Å². The Bertz CT molecular complexity index is 531. The average molecular weight is 370 g/mol. The van der Waals surface area contributed by atoms with Gasteiger partial charge in [-0.2, -0.15) is 0 Å². The van der Waals surface area contributed by atoms with Crippen LogP contribution < -0.4 is 24.8 Å². The van der Waals surface area contributed by atoms with Crippen LogP contribution in [0.3, 0.4) is 0 Å². The Morgan fingerprint density at radius 2 is 1.68 bits per heavy atom. The molecule has 0 saturated carbocycles. The molecule has 2 aliphatic rings. The van der Waals surface area contributed by atoms with Crippen LogP contribution in [0.2, 0.25) is 3.12 Å². The number of fused-ring (bicyclic) bond motifs is 1. The first kappa shape index (κ1) is 17.0. The molecule has 0 aliphatic heterocycles.